The van der Waals surface area contributed by atoms with Crippen LogP contribution in [0.4, 0.5) is 0 Å². The van der Waals surface area contributed by atoms with Crippen molar-refractivity contribution in [2.75, 3.05) is 24.6 Å². The zero-order valence-electron chi connectivity index (χ0n) is 14.5. The number of rotatable bonds is 8. The topological polar surface area (TPSA) is 95.2 Å². The van der Waals surface area contributed by atoms with E-state index >= 15 is 0 Å². The molecule has 0 aliphatic rings. The molecule has 0 bridgehead atoms. The van der Waals surface area contributed by atoms with Crippen LogP contribution in [0.1, 0.15) is 53.4 Å². The molecule has 0 rings (SSSR count). The van der Waals surface area contributed by atoms with E-state index < -0.39 is 13.4 Å². The van der Waals surface area contributed by atoms with Crippen molar-refractivity contribution in [3.63, 3.8) is 0 Å². The summed E-state index contributed by atoms with van der Waals surface area (Å²) in [5, 5.41) is 32.3. The first kappa shape index (κ1) is 22.7. The first-order chi connectivity index (χ1) is 10.5. The van der Waals surface area contributed by atoms with Crippen LogP contribution in [0.5, 0.6) is 0 Å². The van der Waals surface area contributed by atoms with Gasteiger partial charge in [-0.15, -0.1) is 23.9 Å². The monoisotopic (exact) mass is 318 g/mol. The summed E-state index contributed by atoms with van der Waals surface area (Å²) in [7, 11) is -0.496. The lowest BCUT2D eigenvalue weighted by molar-refractivity contribution is 0.963. The summed E-state index contributed by atoms with van der Waals surface area (Å²) >= 11 is 0. The fourth-order valence-electron chi connectivity index (χ4n) is 2.74. The van der Waals surface area contributed by atoms with Gasteiger partial charge in [0, 0.05) is 7.26 Å². The number of hydrogen-bond donors (Lipinski definition) is 0. The lowest BCUT2D eigenvalue weighted by atomic mass is 9.30. The second-order valence-electron chi connectivity index (χ2n) is 5.62. The summed E-state index contributed by atoms with van der Waals surface area (Å²) in [5.41, 5.74) is 0. The molecule has 0 aliphatic heterocycles. The number of nitrogens with zero attached hydrogens (tertiary/aromatic N) is 4. The Hall–Kier alpha value is -1.55. The Balaban J connectivity index is 0. The van der Waals surface area contributed by atoms with Crippen LogP contribution in [0.15, 0.2) is 0 Å². The van der Waals surface area contributed by atoms with E-state index in [1.807, 2.05) is 0 Å². The minimum atomic E-state index is -2.72. The van der Waals surface area contributed by atoms with Crippen LogP contribution >= 0.6 is 7.26 Å². The van der Waals surface area contributed by atoms with Crippen LogP contribution in [0.3, 0.4) is 0 Å². The Bertz CT molecular complexity index is 373. The molecule has 0 aromatic heterocycles. The molecule has 0 fully saturated rings. The third-order valence-electron chi connectivity index (χ3n) is 3.57. The molecule has 0 heterocycles. The predicted molar refractivity (Wildman–Crippen MR) is 95.8 cm³/mol. The lowest BCUT2D eigenvalue weighted by Gasteiger charge is -2.26. The normalized spacial score (nSPS) is 10.2. The Kier molecular flexibility index (Phi) is 13.6. The fourth-order valence-corrected chi connectivity index (χ4v) is 7.88. The number of nitriles is 4. The quantitative estimate of drug-likeness (QED) is 0.491. The largest absolute Gasteiger partial charge is 0.383 e. The molecular formula is C16H28BN4P. The van der Waals surface area contributed by atoms with Crippen LogP contribution in [-0.4, -0.2) is 30.8 Å². The van der Waals surface area contributed by atoms with Gasteiger partial charge >= 0.3 is 6.15 Å². The summed E-state index contributed by atoms with van der Waals surface area (Å²) in [4.78, 5) is 0. The molecule has 0 aromatic carbocycles. The Morgan fingerprint density at radius 2 is 0.818 bits per heavy atom. The molecule has 22 heavy (non-hydrogen) atoms. The molecule has 0 aromatic rings. The van der Waals surface area contributed by atoms with E-state index in [1.165, 1.54) is 49.6 Å². The molecular weight excluding hydrogens is 290 g/mol. The maximum atomic E-state index is 8.09. The minimum absolute atomic E-state index is 0.496. The molecule has 6 heteroatoms. The molecule has 0 saturated heterocycles. The van der Waals surface area contributed by atoms with E-state index in [0.717, 1.165) is 0 Å². The van der Waals surface area contributed by atoms with Gasteiger partial charge in [-0.2, -0.15) is 0 Å². The fraction of sp³-hybridized carbons (Fsp3) is 0.750. The van der Waals surface area contributed by atoms with Crippen LogP contribution in [0.25, 0.3) is 0 Å². The van der Waals surface area contributed by atoms with Crippen LogP contribution < -0.4 is 0 Å². The first-order valence-electron chi connectivity index (χ1n) is 8.14. The van der Waals surface area contributed by atoms with Gasteiger partial charge in [-0.25, -0.2) is 21.0 Å². The third-order valence-corrected chi connectivity index (χ3v) is 9.15. The standard InChI is InChI=1S/C12H28P.C4BN4/c1-5-9-13(10-6-2,11-7-3)12-8-4;6-1-5(2-7,3-8)4-9/h5-12H2,1-4H3;/q+1;-1. The van der Waals surface area contributed by atoms with E-state index in [4.69, 9.17) is 21.0 Å². The smallest absolute Gasteiger partial charge is 0.245 e. The van der Waals surface area contributed by atoms with Crippen molar-refractivity contribution in [2.24, 2.45) is 0 Å². The summed E-state index contributed by atoms with van der Waals surface area (Å²) in [6.45, 7) is 9.43. The third kappa shape index (κ3) is 8.03. The Morgan fingerprint density at radius 3 is 0.909 bits per heavy atom. The van der Waals surface area contributed by atoms with E-state index in [0.29, 0.717) is 0 Å². The van der Waals surface area contributed by atoms with E-state index in [1.54, 1.807) is 24.6 Å². The highest BCUT2D eigenvalue weighted by Gasteiger charge is 2.32. The molecule has 0 unspecified atom stereocenters. The second-order valence-corrected chi connectivity index (χ2v) is 10.1. The van der Waals surface area contributed by atoms with Crippen molar-refractivity contribution in [2.45, 2.75) is 53.4 Å². The average molecular weight is 318 g/mol. The molecule has 4 nitrogen and oxygen atoms in total. The molecule has 0 atom stereocenters. The van der Waals surface area contributed by atoms with Gasteiger partial charge in [-0.05, 0) is 25.7 Å². The number of hydrogen-bond acceptors (Lipinski definition) is 4. The highest BCUT2D eigenvalue weighted by Crippen LogP contribution is 2.60. The highest BCUT2D eigenvalue weighted by atomic mass is 31.2. The van der Waals surface area contributed by atoms with Crippen molar-refractivity contribution in [3.8, 4) is 23.9 Å². The molecule has 0 amide bonds. The van der Waals surface area contributed by atoms with E-state index in [2.05, 4.69) is 27.7 Å². The van der Waals surface area contributed by atoms with Crippen LogP contribution in [0.2, 0.25) is 0 Å². The van der Waals surface area contributed by atoms with Crippen molar-refractivity contribution in [1.82, 2.24) is 0 Å². The van der Waals surface area contributed by atoms with Crippen molar-refractivity contribution in [3.05, 3.63) is 0 Å². The molecule has 0 radical (unpaired) electrons. The highest BCUT2D eigenvalue weighted by molar-refractivity contribution is 7.75. The van der Waals surface area contributed by atoms with Gasteiger partial charge in [0.25, 0.3) is 0 Å². The molecule has 0 aliphatic carbocycles. The van der Waals surface area contributed by atoms with Gasteiger partial charge in [0.05, 0.1) is 24.6 Å². The summed E-state index contributed by atoms with van der Waals surface area (Å²) in [5.74, 6) is 5.38. The molecule has 0 N–H and O–H groups in total. The summed E-state index contributed by atoms with van der Waals surface area (Å²) in [6.07, 6.45) is 9.15. The average Bonchev–Trinajstić information content (AvgIpc) is 2.52. The van der Waals surface area contributed by atoms with Gasteiger partial charge in [0.2, 0.25) is 0 Å². The van der Waals surface area contributed by atoms with Crippen molar-refractivity contribution < 1.29 is 0 Å². The van der Waals surface area contributed by atoms with E-state index in [-0.39, 0.29) is 0 Å². The zero-order valence-corrected chi connectivity index (χ0v) is 15.4. The zero-order chi connectivity index (χ0) is 17.5. The molecule has 0 saturated carbocycles. The Morgan fingerprint density at radius 1 is 0.591 bits per heavy atom. The SMILES string of the molecule is CCC[P+](CCC)(CCC)CCC.N#C[B-](C#N)(C#N)C#N. The first-order valence-corrected chi connectivity index (χ1v) is 10.7. The lowest BCUT2D eigenvalue weighted by Crippen LogP contribution is -2.26. The maximum Gasteiger partial charge on any atom is 0.383 e. The molecule has 0 spiro atoms. The van der Waals surface area contributed by atoms with Gasteiger partial charge < -0.3 is 0 Å². The van der Waals surface area contributed by atoms with Gasteiger partial charge in [-0.1, -0.05) is 27.7 Å². The van der Waals surface area contributed by atoms with Crippen molar-refractivity contribution >= 4 is 13.4 Å². The molecule has 120 valence electrons. The predicted octanol–water partition coefficient (Wildman–Crippen LogP) is 4.33. The summed E-state index contributed by atoms with van der Waals surface area (Å²) in [6, 6.07) is 0. The van der Waals surface area contributed by atoms with Gasteiger partial charge in [-0.3, -0.25) is 0 Å². The van der Waals surface area contributed by atoms with Gasteiger partial charge in [0.1, 0.15) is 0 Å². The maximum absolute atomic E-state index is 8.09. The van der Waals surface area contributed by atoms with Crippen molar-refractivity contribution in [1.29, 1.82) is 21.0 Å². The minimum Gasteiger partial charge on any atom is -0.245 e. The summed E-state index contributed by atoms with van der Waals surface area (Å²) < 4.78 is 0. The second kappa shape index (κ2) is 13.1. The van der Waals surface area contributed by atoms with Gasteiger partial charge in [0.15, 0.2) is 0 Å². The van der Waals surface area contributed by atoms with Crippen LogP contribution in [0, 0.1) is 44.9 Å². The Labute approximate surface area is 137 Å². The van der Waals surface area contributed by atoms with E-state index in [9.17, 15) is 0 Å². The van der Waals surface area contributed by atoms with Crippen LogP contribution in [-0.2, 0) is 0 Å².